The number of ether oxygens (including phenoxy) is 1. The Morgan fingerprint density at radius 3 is 2.65 bits per heavy atom. The van der Waals surface area contributed by atoms with E-state index in [1.165, 1.54) is 0 Å². The molecule has 112 valence electrons. The molecule has 7 heteroatoms. The zero-order valence-corrected chi connectivity index (χ0v) is 12.2. The van der Waals surface area contributed by atoms with E-state index in [4.69, 9.17) is 9.84 Å². The quantitative estimate of drug-likeness (QED) is 0.740. The van der Waals surface area contributed by atoms with Gasteiger partial charge in [0.25, 0.3) is 0 Å². The average Bonchev–Trinajstić information content (AvgIpc) is 2.34. The zero-order chi connectivity index (χ0) is 14.3. The van der Waals surface area contributed by atoms with Gasteiger partial charge >= 0.3 is 11.9 Å². The number of esters is 1. The number of pyridine rings is 1. The van der Waals surface area contributed by atoms with Crippen molar-refractivity contribution in [3.05, 3.63) is 30.1 Å². The Morgan fingerprint density at radius 2 is 2.15 bits per heavy atom. The van der Waals surface area contributed by atoms with Crippen LogP contribution in [0.4, 0.5) is 0 Å². The first kappa shape index (κ1) is 18.3. The van der Waals surface area contributed by atoms with Crippen LogP contribution in [0.3, 0.4) is 0 Å². The first-order valence-electron chi connectivity index (χ1n) is 6.03. The molecule has 0 aliphatic rings. The highest BCUT2D eigenvalue weighted by Gasteiger charge is 2.23. The Labute approximate surface area is 124 Å². The van der Waals surface area contributed by atoms with Gasteiger partial charge in [-0.25, -0.2) is 0 Å². The largest absolute Gasteiger partial charge is 0.481 e. The van der Waals surface area contributed by atoms with E-state index in [9.17, 15) is 9.59 Å². The molecule has 0 spiro atoms. The van der Waals surface area contributed by atoms with E-state index in [0.717, 1.165) is 5.56 Å². The molecule has 0 bridgehead atoms. The third-order valence-corrected chi connectivity index (χ3v) is 2.29. The number of nitrogens with zero attached hydrogens (tertiary/aromatic N) is 1. The van der Waals surface area contributed by atoms with Crippen molar-refractivity contribution in [1.82, 2.24) is 10.3 Å². The summed E-state index contributed by atoms with van der Waals surface area (Å²) in [4.78, 5) is 26.4. The number of halogens is 1. The van der Waals surface area contributed by atoms with Crippen molar-refractivity contribution in [1.29, 1.82) is 0 Å². The SMILES string of the molecule is CC(C)OC(=O)C(CC(=O)O)NCc1cccnc1.Cl. The maximum atomic E-state index is 11.7. The topological polar surface area (TPSA) is 88.5 Å². The summed E-state index contributed by atoms with van der Waals surface area (Å²) in [7, 11) is 0. The van der Waals surface area contributed by atoms with Gasteiger partial charge in [0.15, 0.2) is 0 Å². The summed E-state index contributed by atoms with van der Waals surface area (Å²) >= 11 is 0. The second-order valence-corrected chi connectivity index (χ2v) is 4.38. The molecule has 20 heavy (non-hydrogen) atoms. The Morgan fingerprint density at radius 1 is 1.45 bits per heavy atom. The van der Waals surface area contributed by atoms with E-state index in [1.54, 1.807) is 32.3 Å². The molecular weight excluding hydrogens is 284 g/mol. The van der Waals surface area contributed by atoms with Crippen molar-refractivity contribution in [3.63, 3.8) is 0 Å². The lowest BCUT2D eigenvalue weighted by atomic mass is 10.2. The predicted molar refractivity (Wildman–Crippen MR) is 75.6 cm³/mol. The van der Waals surface area contributed by atoms with Crippen molar-refractivity contribution in [3.8, 4) is 0 Å². The number of rotatable bonds is 7. The second kappa shape index (κ2) is 9.28. The molecule has 0 aliphatic carbocycles. The number of aromatic nitrogens is 1. The van der Waals surface area contributed by atoms with Crippen LogP contribution < -0.4 is 5.32 Å². The second-order valence-electron chi connectivity index (χ2n) is 4.38. The van der Waals surface area contributed by atoms with Crippen LogP contribution in [-0.2, 0) is 20.9 Å². The summed E-state index contributed by atoms with van der Waals surface area (Å²) in [5, 5.41) is 11.7. The van der Waals surface area contributed by atoms with Crippen LogP contribution >= 0.6 is 12.4 Å². The van der Waals surface area contributed by atoms with E-state index < -0.39 is 18.0 Å². The standard InChI is InChI=1S/C13H18N2O4.ClH/c1-9(2)19-13(18)11(6-12(16)17)15-8-10-4-3-5-14-7-10;/h3-5,7,9,11,15H,6,8H2,1-2H3,(H,16,17);1H. The molecule has 0 amide bonds. The maximum Gasteiger partial charge on any atom is 0.324 e. The van der Waals surface area contributed by atoms with Crippen molar-refractivity contribution in [2.24, 2.45) is 0 Å². The van der Waals surface area contributed by atoms with Crippen LogP contribution in [0, 0.1) is 0 Å². The summed E-state index contributed by atoms with van der Waals surface area (Å²) in [5.41, 5.74) is 0.871. The van der Waals surface area contributed by atoms with Crippen LogP contribution in [0.25, 0.3) is 0 Å². The van der Waals surface area contributed by atoms with Gasteiger partial charge in [-0.1, -0.05) is 6.07 Å². The first-order chi connectivity index (χ1) is 8.99. The van der Waals surface area contributed by atoms with Crippen LogP contribution in [0.5, 0.6) is 0 Å². The molecule has 1 atom stereocenters. The van der Waals surface area contributed by atoms with E-state index in [-0.39, 0.29) is 24.9 Å². The fourth-order valence-corrected chi connectivity index (χ4v) is 1.47. The molecule has 0 aliphatic heterocycles. The molecule has 1 heterocycles. The molecule has 6 nitrogen and oxygen atoms in total. The monoisotopic (exact) mass is 302 g/mol. The van der Waals surface area contributed by atoms with Gasteiger partial charge in [0.2, 0.25) is 0 Å². The molecule has 0 saturated carbocycles. The van der Waals surface area contributed by atoms with Crippen molar-refractivity contribution in [2.45, 2.75) is 39.0 Å². The zero-order valence-electron chi connectivity index (χ0n) is 11.4. The molecule has 0 aromatic carbocycles. The fourth-order valence-electron chi connectivity index (χ4n) is 1.47. The third kappa shape index (κ3) is 7.06. The van der Waals surface area contributed by atoms with E-state index >= 15 is 0 Å². The molecule has 0 fully saturated rings. The number of carbonyl (C=O) groups excluding carboxylic acids is 1. The van der Waals surface area contributed by atoms with Crippen LogP contribution in [0.2, 0.25) is 0 Å². The summed E-state index contributed by atoms with van der Waals surface area (Å²) in [6.45, 7) is 3.80. The van der Waals surface area contributed by atoms with Gasteiger partial charge in [-0.2, -0.15) is 0 Å². The first-order valence-corrected chi connectivity index (χ1v) is 6.03. The Hall–Kier alpha value is -1.66. The fraction of sp³-hybridized carbons (Fsp3) is 0.462. The molecule has 0 saturated heterocycles. The summed E-state index contributed by atoms with van der Waals surface area (Å²) in [6.07, 6.45) is 2.71. The van der Waals surface area contributed by atoms with Gasteiger partial charge in [-0.05, 0) is 25.5 Å². The minimum Gasteiger partial charge on any atom is -0.481 e. The normalized spacial score (nSPS) is 11.6. The maximum absolute atomic E-state index is 11.7. The van der Waals surface area contributed by atoms with Gasteiger partial charge in [-0.15, -0.1) is 12.4 Å². The van der Waals surface area contributed by atoms with E-state index in [1.807, 2.05) is 6.07 Å². The average molecular weight is 303 g/mol. The smallest absolute Gasteiger partial charge is 0.324 e. The number of carboxylic acids is 1. The van der Waals surface area contributed by atoms with Crippen LogP contribution in [0.1, 0.15) is 25.8 Å². The van der Waals surface area contributed by atoms with Crippen molar-refractivity contribution in [2.75, 3.05) is 0 Å². The minimum absolute atomic E-state index is 0. The molecule has 1 aromatic heterocycles. The van der Waals surface area contributed by atoms with Gasteiger partial charge in [-0.3, -0.25) is 19.9 Å². The highest BCUT2D eigenvalue weighted by atomic mass is 35.5. The van der Waals surface area contributed by atoms with Crippen molar-refractivity contribution >= 4 is 24.3 Å². The minimum atomic E-state index is -1.05. The molecule has 0 radical (unpaired) electrons. The number of hydrogen-bond donors (Lipinski definition) is 2. The lowest BCUT2D eigenvalue weighted by Gasteiger charge is -2.17. The molecule has 2 N–H and O–H groups in total. The van der Waals surface area contributed by atoms with Gasteiger partial charge in [0.05, 0.1) is 12.5 Å². The third-order valence-electron chi connectivity index (χ3n) is 2.29. The molecule has 1 unspecified atom stereocenters. The van der Waals surface area contributed by atoms with Gasteiger partial charge < -0.3 is 9.84 Å². The number of carbonyl (C=O) groups is 2. The van der Waals surface area contributed by atoms with Gasteiger partial charge in [0.1, 0.15) is 6.04 Å². The summed E-state index contributed by atoms with van der Waals surface area (Å²) < 4.78 is 5.02. The van der Waals surface area contributed by atoms with E-state index in [2.05, 4.69) is 10.3 Å². The molecule has 1 rings (SSSR count). The molecule has 1 aromatic rings. The highest BCUT2D eigenvalue weighted by molar-refractivity contribution is 5.85. The predicted octanol–water partition coefficient (Wildman–Crippen LogP) is 1.39. The van der Waals surface area contributed by atoms with Crippen molar-refractivity contribution < 1.29 is 19.4 Å². The van der Waals surface area contributed by atoms with E-state index in [0.29, 0.717) is 6.54 Å². The summed E-state index contributed by atoms with van der Waals surface area (Å²) in [5.74, 6) is -1.61. The van der Waals surface area contributed by atoms with Crippen LogP contribution in [-0.4, -0.2) is 34.2 Å². The van der Waals surface area contributed by atoms with Crippen LogP contribution in [0.15, 0.2) is 24.5 Å². The highest BCUT2D eigenvalue weighted by Crippen LogP contribution is 2.02. The Kier molecular flexibility index (Phi) is 8.51. The number of carboxylic acid groups (broad SMARTS) is 1. The van der Waals surface area contributed by atoms with Gasteiger partial charge in [0, 0.05) is 18.9 Å². The lowest BCUT2D eigenvalue weighted by Crippen LogP contribution is -2.40. The number of nitrogens with one attached hydrogen (secondary N) is 1. The summed E-state index contributed by atoms with van der Waals surface area (Å²) in [6, 6.07) is 2.75. The number of hydrogen-bond acceptors (Lipinski definition) is 5. The lowest BCUT2D eigenvalue weighted by molar-refractivity contribution is -0.153. The molecular formula is C13H19ClN2O4. The number of aliphatic carboxylic acids is 1. The Bertz CT molecular complexity index is 426. The Balaban J connectivity index is 0.00000361.